The zero-order valence-corrected chi connectivity index (χ0v) is 10.8. The van der Waals surface area contributed by atoms with Crippen LogP contribution in [0, 0.1) is 10.1 Å². The molecule has 0 amide bonds. The van der Waals surface area contributed by atoms with Crippen LogP contribution in [0.25, 0.3) is 0 Å². The highest BCUT2D eigenvalue weighted by molar-refractivity contribution is 5.34. The molecule has 5 nitrogen and oxygen atoms in total. The van der Waals surface area contributed by atoms with E-state index in [9.17, 15) is 10.1 Å². The van der Waals surface area contributed by atoms with Crippen molar-refractivity contribution in [3.63, 3.8) is 0 Å². The molecule has 0 spiro atoms. The predicted octanol–water partition coefficient (Wildman–Crippen LogP) is 1.95. The summed E-state index contributed by atoms with van der Waals surface area (Å²) < 4.78 is 0. The normalized spacial score (nSPS) is 17.5. The lowest BCUT2D eigenvalue weighted by atomic mass is 10.0. The van der Waals surface area contributed by atoms with E-state index in [-0.39, 0.29) is 10.6 Å². The van der Waals surface area contributed by atoms with Crippen molar-refractivity contribution in [1.82, 2.24) is 10.2 Å². The highest BCUT2D eigenvalue weighted by atomic mass is 16.6. The summed E-state index contributed by atoms with van der Waals surface area (Å²) >= 11 is 0. The number of hydrogen-bond acceptors (Lipinski definition) is 4. The molecule has 0 aromatic heterocycles. The van der Waals surface area contributed by atoms with Gasteiger partial charge in [0.05, 0.1) is 4.92 Å². The molecule has 1 aromatic carbocycles. The third-order valence-corrected chi connectivity index (χ3v) is 3.68. The zero-order valence-electron chi connectivity index (χ0n) is 10.8. The summed E-state index contributed by atoms with van der Waals surface area (Å²) in [4.78, 5) is 12.7. The Labute approximate surface area is 107 Å². The number of nitro benzene ring substituents is 1. The summed E-state index contributed by atoms with van der Waals surface area (Å²) in [6, 6.07) is 7.76. The van der Waals surface area contributed by atoms with Crippen LogP contribution in [0.5, 0.6) is 0 Å². The monoisotopic (exact) mass is 249 g/mol. The van der Waals surface area contributed by atoms with E-state index in [1.165, 1.54) is 0 Å². The van der Waals surface area contributed by atoms with Crippen molar-refractivity contribution in [2.24, 2.45) is 0 Å². The van der Waals surface area contributed by atoms with E-state index in [1.54, 1.807) is 12.1 Å². The van der Waals surface area contributed by atoms with E-state index in [0.29, 0.717) is 12.1 Å². The Morgan fingerprint density at radius 1 is 1.44 bits per heavy atom. The Morgan fingerprint density at radius 2 is 2.06 bits per heavy atom. The highest BCUT2D eigenvalue weighted by Gasteiger charge is 2.27. The molecule has 1 aromatic rings. The fraction of sp³-hybridized carbons (Fsp3) is 0.538. The first kappa shape index (κ1) is 13.0. The van der Waals surface area contributed by atoms with Crippen LogP contribution in [0.2, 0.25) is 0 Å². The molecule has 1 N–H and O–H groups in total. The van der Waals surface area contributed by atoms with Gasteiger partial charge in [0.2, 0.25) is 0 Å². The first-order valence-corrected chi connectivity index (χ1v) is 6.34. The second-order valence-electron chi connectivity index (χ2n) is 4.67. The molecule has 1 aliphatic heterocycles. The molecule has 18 heavy (non-hydrogen) atoms. The molecule has 98 valence electrons. The van der Waals surface area contributed by atoms with Gasteiger partial charge in [0.15, 0.2) is 0 Å². The van der Waals surface area contributed by atoms with E-state index in [2.05, 4.69) is 24.1 Å². The Bertz CT molecular complexity index is 415. The van der Waals surface area contributed by atoms with Crippen LogP contribution < -0.4 is 5.32 Å². The summed E-state index contributed by atoms with van der Waals surface area (Å²) in [6.45, 7) is 7.37. The number of likely N-dealkylation sites (N-methyl/N-ethyl adjacent to an activating group) is 1. The maximum absolute atomic E-state index is 10.6. The Kier molecular flexibility index (Phi) is 3.93. The first-order valence-electron chi connectivity index (χ1n) is 6.34. The first-order chi connectivity index (χ1) is 8.63. The van der Waals surface area contributed by atoms with Crippen LogP contribution in [0.3, 0.4) is 0 Å². The van der Waals surface area contributed by atoms with Crippen molar-refractivity contribution < 1.29 is 4.92 Å². The van der Waals surface area contributed by atoms with E-state index in [4.69, 9.17) is 0 Å². The summed E-state index contributed by atoms with van der Waals surface area (Å²) in [7, 11) is 0. The molecule has 1 unspecified atom stereocenters. The summed E-state index contributed by atoms with van der Waals surface area (Å²) in [5.41, 5.74) is 1.29. The molecule has 1 heterocycles. The predicted molar refractivity (Wildman–Crippen MR) is 70.5 cm³/mol. The molecule has 1 saturated heterocycles. The van der Waals surface area contributed by atoms with Crippen LogP contribution in [0.15, 0.2) is 24.3 Å². The standard InChI is InChI=1S/C13H19N3O2/c1-3-15(13-8-14-9-13)10(2)11-4-6-12(7-5-11)16(17)18/h4-7,10,13-14H,3,8-9H2,1-2H3. The number of hydrogen-bond donors (Lipinski definition) is 1. The van der Waals surface area contributed by atoms with Gasteiger partial charge in [0.25, 0.3) is 5.69 Å². The quantitative estimate of drug-likeness (QED) is 0.640. The smallest absolute Gasteiger partial charge is 0.269 e. The molecule has 0 aliphatic carbocycles. The van der Waals surface area contributed by atoms with Gasteiger partial charge in [-0.3, -0.25) is 15.0 Å². The minimum Gasteiger partial charge on any atom is -0.314 e. The minimum atomic E-state index is -0.359. The molecule has 5 heteroatoms. The lowest BCUT2D eigenvalue weighted by Crippen LogP contribution is -2.57. The number of non-ortho nitro benzene ring substituents is 1. The highest BCUT2D eigenvalue weighted by Crippen LogP contribution is 2.25. The number of nitro groups is 1. The molecule has 2 rings (SSSR count). The molecule has 1 atom stereocenters. The average Bonchev–Trinajstić information content (AvgIpc) is 2.32. The molecule has 1 fully saturated rings. The second kappa shape index (κ2) is 5.46. The minimum absolute atomic E-state index is 0.152. The van der Waals surface area contributed by atoms with Crippen molar-refractivity contribution in [3.05, 3.63) is 39.9 Å². The average molecular weight is 249 g/mol. The number of benzene rings is 1. The van der Waals surface area contributed by atoms with Gasteiger partial charge in [0, 0.05) is 37.3 Å². The van der Waals surface area contributed by atoms with Gasteiger partial charge in [-0.2, -0.15) is 0 Å². The van der Waals surface area contributed by atoms with Crippen molar-refractivity contribution in [3.8, 4) is 0 Å². The Hall–Kier alpha value is -1.46. The Balaban J connectivity index is 2.11. The topological polar surface area (TPSA) is 58.4 Å². The van der Waals surface area contributed by atoms with Crippen LogP contribution in [-0.4, -0.2) is 35.5 Å². The van der Waals surface area contributed by atoms with Crippen molar-refractivity contribution in [2.45, 2.75) is 25.9 Å². The van der Waals surface area contributed by atoms with Gasteiger partial charge in [-0.15, -0.1) is 0 Å². The van der Waals surface area contributed by atoms with Crippen molar-refractivity contribution >= 4 is 5.69 Å². The third-order valence-electron chi connectivity index (χ3n) is 3.68. The second-order valence-corrected chi connectivity index (χ2v) is 4.67. The molecule has 0 radical (unpaired) electrons. The molecular weight excluding hydrogens is 230 g/mol. The maximum atomic E-state index is 10.6. The fourth-order valence-corrected chi connectivity index (χ4v) is 2.42. The van der Waals surface area contributed by atoms with Crippen LogP contribution in [-0.2, 0) is 0 Å². The van der Waals surface area contributed by atoms with E-state index < -0.39 is 0 Å². The molecular formula is C13H19N3O2. The van der Waals surface area contributed by atoms with Crippen LogP contribution in [0.4, 0.5) is 5.69 Å². The largest absolute Gasteiger partial charge is 0.314 e. The van der Waals surface area contributed by atoms with E-state index in [1.807, 2.05) is 12.1 Å². The van der Waals surface area contributed by atoms with Gasteiger partial charge >= 0.3 is 0 Å². The lowest BCUT2D eigenvalue weighted by Gasteiger charge is -2.41. The van der Waals surface area contributed by atoms with E-state index in [0.717, 1.165) is 25.2 Å². The number of nitrogens with one attached hydrogen (secondary N) is 1. The SMILES string of the molecule is CCN(C1CNC1)C(C)c1ccc([N+](=O)[O-])cc1. The van der Waals surface area contributed by atoms with E-state index >= 15 is 0 Å². The number of rotatable bonds is 5. The molecule has 1 aliphatic rings. The fourth-order valence-electron chi connectivity index (χ4n) is 2.42. The Morgan fingerprint density at radius 3 is 2.44 bits per heavy atom. The van der Waals surface area contributed by atoms with Gasteiger partial charge in [-0.1, -0.05) is 19.1 Å². The van der Waals surface area contributed by atoms with Gasteiger partial charge in [-0.05, 0) is 19.0 Å². The maximum Gasteiger partial charge on any atom is 0.269 e. The number of nitrogens with zero attached hydrogens (tertiary/aromatic N) is 2. The molecule has 0 saturated carbocycles. The zero-order chi connectivity index (χ0) is 13.1. The van der Waals surface area contributed by atoms with Crippen LogP contribution >= 0.6 is 0 Å². The van der Waals surface area contributed by atoms with Gasteiger partial charge < -0.3 is 5.32 Å². The van der Waals surface area contributed by atoms with Crippen molar-refractivity contribution in [2.75, 3.05) is 19.6 Å². The third kappa shape index (κ3) is 2.52. The van der Waals surface area contributed by atoms with Crippen molar-refractivity contribution in [1.29, 1.82) is 0 Å². The molecule has 0 bridgehead atoms. The van der Waals surface area contributed by atoms with Gasteiger partial charge in [0.1, 0.15) is 0 Å². The van der Waals surface area contributed by atoms with Gasteiger partial charge in [-0.25, -0.2) is 0 Å². The summed E-state index contributed by atoms with van der Waals surface area (Å²) in [6.07, 6.45) is 0. The summed E-state index contributed by atoms with van der Waals surface area (Å²) in [5.74, 6) is 0. The summed E-state index contributed by atoms with van der Waals surface area (Å²) in [5, 5.41) is 13.9. The lowest BCUT2D eigenvalue weighted by molar-refractivity contribution is -0.384. The van der Waals surface area contributed by atoms with Crippen LogP contribution in [0.1, 0.15) is 25.5 Å².